The van der Waals surface area contributed by atoms with Gasteiger partial charge in [0.05, 0.1) is 41.5 Å². The maximum atomic E-state index is 13.5. The summed E-state index contributed by atoms with van der Waals surface area (Å²) in [6.45, 7) is 2.77. The van der Waals surface area contributed by atoms with Gasteiger partial charge >= 0.3 is 0 Å². The Morgan fingerprint density at radius 2 is 2.09 bits per heavy atom. The van der Waals surface area contributed by atoms with Gasteiger partial charge in [-0.3, -0.25) is 14.7 Å². The first-order chi connectivity index (χ1) is 17.1. The van der Waals surface area contributed by atoms with Gasteiger partial charge in [0, 0.05) is 36.7 Å². The number of H-pyrrole nitrogens is 1. The lowest BCUT2D eigenvalue weighted by atomic mass is 9.96. The number of aromatic amines is 1. The van der Waals surface area contributed by atoms with E-state index in [-0.39, 0.29) is 17.6 Å². The molecule has 0 bridgehead atoms. The Morgan fingerprint density at radius 1 is 1.20 bits per heavy atom. The SMILES string of the molecule is N#Cc1ccc2cc(-c3cncc4c3OCCN4C(=O)C3CN(Cc4cccc(F)c4)C3)[nH]c2c1. The number of hydrogen-bond donors (Lipinski definition) is 1. The van der Waals surface area contributed by atoms with Crippen LogP contribution >= 0.6 is 0 Å². The number of carbonyl (C=O) groups excluding carboxylic acids is 1. The minimum atomic E-state index is -0.246. The van der Waals surface area contributed by atoms with Crippen LogP contribution in [0.15, 0.2) is 60.9 Å². The lowest BCUT2D eigenvalue weighted by Crippen LogP contribution is -2.55. The Hall–Kier alpha value is -4.22. The van der Waals surface area contributed by atoms with E-state index in [1.807, 2.05) is 24.3 Å². The molecule has 2 aliphatic rings. The molecule has 4 heterocycles. The van der Waals surface area contributed by atoms with E-state index in [9.17, 15) is 14.4 Å². The highest BCUT2D eigenvalue weighted by Crippen LogP contribution is 2.41. The summed E-state index contributed by atoms with van der Waals surface area (Å²) in [4.78, 5) is 25.0. The minimum Gasteiger partial charge on any atom is -0.489 e. The fraction of sp³-hybridized carbons (Fsp3) is 0.222. The summed E-state index contributed by atoms with van der Waals surface area (Å²) >= 11 is 0. The number of aromatic nitrogens is 2. The largest absolute Gasteiger partial charge is 0.489 e. The summed E-state index contributed by atoms with van der Waals surface area (Å²) in [6, 6.07) is 16.2. The second-order valence-corrected chi connectivity index (χ2v) is 8.99. The van der Waals surface area contributed by atoms with E-state index in [4.69, 9.17) is 4.74 Å². The molecular formula is C27H22FN5O2. The van der Waals surface area contributed by atoms with Gasteiger partial charge in [-0.2, -0.15) is 5.26 Å². The number of rotatable bonds is 4. The number of likely N-dealkylation sites (tertiary alicyclic amines) is 1. The van der Waals surface area contributed by atoms with E-state index in [1.54, 1.807) is 29.4 Å². The molecular weight excluding hydrogens is 445 g/mol. The zero-order chi connectivity index (χ0) is 23.9. The maximum absolute atomic E-state index is 13.5. The molecule has 0 atom stereocenters. The van der Waals surface area contributed by atoms with Crippen LogP contribution in [0.25, 0.3) is 22.2 Å². The van der Waals surface area contributed by atoms with Gasteiger partial charge in [-0.1, -0.05) is 18.2 Å². The van der Waals surface area contributed by atoms with Gasteiger partial charge in [0.2, 0.25) is 5.91 Å². The predicted molar refractivity (Wildman–Crippen MR) is 129 cm³/mol. The molecule has 1 saturated heterocycles. The molecule has 0 radical (unpaired) electrons. The summed E-state index contributed by atoms with van der Waals surface area (Å²) in [7, 11) is 0. The van der Waals surface area contributed by atoms with Crippen molar-refractivity contribution in [1.29, 1.82) is 5.26 Å². The molecule has 7 nitrogen and oxygen atoms in total. The summed E-state index contributed by atoms with van der Waals surface area (Å²) < 4.78 is 19.5. The summed E-state index contributed by atoms with van der Waals surface area (Å²) in [5, 5.41) is 10.2. The zero-order valence-electron chi connectivity index (χ0n) is 18.9. The number of benzene rings is 2. The number of amides is 1. The molecule has 2 aromatic heterocycles. The number of nitrogens with one attached hydrogen (secondary N) is 1. The van der Waals surface area contributed by atoms with Crippen LogP contribution in [0.1, 0.15) is 11.1 Å². The maximum Gasteiger partial charge on any atom is 0.232 e. The Bertz CT molecular complexity index is 1480. The van der Waals surface area contributed by atoms with Crippen molar-refractivity contribution in [2.45, 2.75) is 6.54 Å². The van der Waals surface area contributed by atoms with Crippen LogP contribution in [0.2, 0.25) is 0 Å². The number of pyridine rings is 1. The van der Waals surface area contributed by atoms with Crippen LogP contribution in [-0.2, 0) is 11.3 Å². The number of anilines is 1. The van der Waals surface area contributed by atoms with Crippen LogP contribution in [-0.4, -0.2) is 47.0 Å². The van der Waals surface area contributed by atoms with E-state index in [2.05, 4.69) is 20.9 Å². The molecule has 1 amide bonds. The molecule has 0 spiro atoms. The van der Waals surface area contributed by atoms with Gasteiger partial charge in [-0.25, -0.2) is 4.39 Å². The topological polar surface area (TPSA) is 85.2 Å². The second-order valence-electron chi connectivity index (χ2n) is 8.99. The summed E-state index contributed by atoms with van der Waals surface area (Å²) in [5.74, 6) is 0.321. The smallest absolute Gasteiger partial charge is 0.232 e. The fourth-order valence-electron chi connectivity index (χ4n) is 4.87. The Balaban J connectivity index is 1.22. The minimum absolute atomic E-state index is 0.0549. The highest BCUT2D eigenvalue weighted by molar-refractivity contribution is 5.99. The van der Waals surface area contributed by atoms with Crippen molar-refractivity contribution in [3.63, 3.8) is 0 Å². The summed E-state index contributed by atoms with van der Waals surface area (Å²) in [5.41, 5.74) is 4.60. The van der Waals surface area contributed by atoms with Gasteiger partial charge in [0.25, 0.3) is 0 Å². The number of halogens is 1. The van der Waals surface area contributed by atoms with Gasteiger partial charge in [-0.05, 0) is 35.9 Å². The molecule has 2 aromatic carbocycles. The number of nitrogens with zero attached hydrogens (tertiary/aromatic N) is 4. The van der Waals surface area contributed by atoms with Crippen LogP contribution in [0, 0.1) is 23.1 Å². The van der Waals surface area contributed by atoms with Crippen molar-refractivity contribution < 1.29 is 13.9 Å². The number of carbonyl (C=O) groups is 1. The highest BCUT2D eigenvalue weighted by Gasteiger charge is 2.38. The lowest BCUT2D eigenvalue weighted by molar-refractivity contribution is -0.128. The van der Waals surface area contributed by atoms with E-state index >= 15 is 0 Å². The number of ether oxygens (including phenoxy) is 1. The quantitative estimate of drug-likeness (QED) is 0.489. The Morgan fingerprint density at radius 3 is 2.91 bits per heavy atom. The predicted octanol–water partition coefficient (Wildman–Crippen LogP) is 4.10. The van der Waals surface area contributed by atoms with Crippen molar-refractivity contribution in [2.24, 2.45) is 5.92 Å². The average molecular weight is 468 g/mol. The molecule has 8 heteroatoms. The average Bonchev–Trinajstić information content (AvgIpc) is 3.28. The van der Waals surface area contributed by atoms with E-state index in [1.165, 1.54) is 12.1 Å². The fourth-order valence-corrected chi connectivity index (χ4v) is 4.87. The first kappa shape index (κ1) is 21.3. The third-order valence-corrected chi connectivity index (χ3v) is 6.64. The van der Waals surface area contributed by atoms with Crippen molar-refractivity contribution >= 4 is 22.5 Å². The van der Waals surface area contributed by atoms with Crippen molar-refractivity contribution in [3.05, 3.63) is 77.9 Å². The van der Waals surface area contributed by atoms with Crippen LogP contribution in [0.4, 0.5) is 10.1 Å². The molecule has 0 unspecified atom stereocenters. The monoisotopic (exact) mass is 467 g/mol. The third kappa shape index (κ3) is 3.90. The number of fused-ring (bicyclic) bond motifs is 2. The standard InChI is InChI=1S/C27H22FN5O2/c28-21-3-1-2-18(8-21)14-32-15-20(16-32)27(34)33-6-7-35-26-22(12-30-13-25(26)33)24-10-19-5-4-17(11-29)9-23(19)31-24/h1-5,8-10,12-13,20,31H,6-7,14-16H2. The number of nitriles is 1. The van der Waals surface area contributed by atoms with E-state index < -0.39 is 0 Å². The van der Waals surface area contributed by atoms with Gasteiger partial charge in [-0.15, -0.1) is 0 Å². The normalized spacial score (nSPS) is 15.8. The van der Waals surface area contributed by atoms with Gasteiger partial charge in [0.15, 0.2) is 5.75 Å². The second kappa shape index (κ2) is 8.53. The van der Waals surface area contributed by atoms with E-state index in [0.29, 0.717) is 49.8 Å². The first-order valence-electron chi connectivity index (χ1n) is 11.5. The molecule has 0 aliphatic carbocycles. The molecule has 35 heavy (non-hydrogen) atoms. The Labute approximate surface area is 201 Å². The van der Waals surface area contributed by atoms with Crippen molar-refractivity contribution in [1.82, 2.24) is 14.9 Å². The highest BCUT2D eigenvalue weighted by atomic mass is 19.1. The van der Waals surface area contributed by atoms with Crippen molar-refractivity contribution in [2.75, 3.05) is 31.1 Å². The van der Waals surface area contributed by atoms with Crippen LogP contribution < -0.4 is 9.64 Å². The zero-order valence-corrected chi connectivity index (χ0v) is 18.9. The third-order valence-electron chi connectivity index (χ3n) is 6.64. The summed E-state index contributed by atoms with van der Waals surface area (Å²) in [6.07, 6.45) is 3.41. The van der Waals surface area contributed by atoms with E-state index in [0.717, 1.165) is 27.7 Å². The van der Waals surface area contributed by atoms with Crippen molar-refractivity contribution in [3.8, 4) is 23.1 Å². The van der Waals surface area contributed by atoms with Gasteiger partial charge < -0.3 is 14.6 Å². The molecule has 0 saturated carbocycles. The molecule has 2 aliphatic heterocycles. The van der Waals surface area contributed by atoms with Crippen LogP contribution in [0.3, 0.4) is 0 Å². The lowest BCUT2D eigenvalue weighted by Gasteiger charge is -2.41. The molecule has 1 N–H and O–H groups in total. The molecule has 1 fully saturated rings. The number of hydrogen-bond acceptors (Lipinski definition) is 5. The first-order valence-corrected chi connectivity index (χ1v) is 11.5. The van der Waals surface area contributed by atoms with Gasteiger partial charge in [0.1, 0.15) is 18.1 Å². The molecule has 174 valence electrons. The Kier molecular flexibility index (Phi) is 5.20. The van der Waals surface area contributed by atoms with Crippen LogP contribution in [0.5, 0.6) is 5.75 Å². The molecule has 6 rings (SSSR count). The molecule has 4 aromatic rings.